The summed E-state index contributed by atoms with van der Waals surface area (Å²) in [6.07, 6.45) is 4.14. The Morgan fingerprint density at radius 1 is 1.38 bits per heavy atom. The quantitative estimate of drug-likeness (QED) is 0.862. The standard InChI is InChI=1S/C20H27ClN4O/c1-4-25(5-2)20(26)23-14-9-15-16-7-13(21)8-17-19(16)12(10-22-17)6-18(15)24(3)11-14/h7-8,10,14-15,18,22H,4-6,9,11H2,1-3H3,(H,23,26)/t14-,15+,18+/m0/s1. The Hall–Kier alpha value is -1.72. The van der Waals surface area contributed by atoms with Gasteiger partial charge in [0, 0.05) is 59.8 Å². The molecule has 0 radical (unpaired) electrons. The van der Waals surface area contributed by atoms with Gasteiger partial charge in [-0.15, -0.1) is 0 Å². The molecule has 1 fully saturated rings. The van der Waals surface area contributed by atoms with Gasteiger partial charge in [-0.1, -0.05) is 11.6 Å². The van der Waals surface area contributed by atoms with Crippen molar-refractivity contribution in [3.05, 3.63) is 34.5 Å². The molecule has 4 rings (SSSR count). The lowest BCUT2D eigenvalue weighted by Crippen LogP contribution is -2.56. The van der Waals surface area contributed by atoms with Gasteiger partial charge in [-0.25, -0.2) is 4.79 Å². The molecule has 1 aromatic heterocycles. The molecule has 2 aromatic rings. The maximum absolute atomic E-state index is 12.5. The fourth-order valence-electron chi connectivity index (χ4n) is 4.86. The second-order valence-electron chi connectivity index (χ2n) is 7.60. The summed E-state index contributed by atoms with van der Waals surface area (Å²) < 4.78 is 0. The molecule has 0 saturated carbocycles. The van der Waals surface area contributed by atoms with Crippen molar-refractivity contribution in [2.45, 2.75) is 44.7 Å². The van der Waals surface area contributed by atoms with E-state index in [1.807, 2.05) is 24.8 Å². The third kappa shape index (κ3) is 2.87. The number of likely N-dealkylation sites (tertiary alicyclic amines) is 1. The van der Waals surface area contributed by atoms with Gasteiger partial charge >= 0.3 is 6.03 Å². The van der Waals surface area contributed by atoms with Crippen LogP contribution in [0.3, 0.4) is 0 Å². The van der Waals surface area contributed by atoms with Gasteiger partial charge in [0.2, 0.25) is 0 Å². The smallest absolute Gasteiger partial charge is 0.317 e. The SMILES string of the molecule is CCN(CC)C(=O)N[C@H]1C[C@@H]2c3cc(Cl)cc4[nH]cc(c34)C[C@H]2N(C)C1. The highest BCUT2D eigenvalue weighted by atomic mass is 35.5. The molecule has 0 bridgehead atoms. The van der Waals surface area contributed by atoms with Crippen molar-refractivity contribution in [2.75, 3.05) is 26.7 Å². The van der Waals surface area contributed by atoms with E-state index in [4.69, 9.17) is 11.6 Å². The van der Waals surface area contributed by atoms with Crippen molar-refractivity contribution < 1.29 is 4.79 Å². The molecular formula is C20H27ClN4O. The van der Waals surface area contributed by atoms with E-state index in [2.05, 4.69) is 34.5 Å². The number of aromatic nitrogens is 1. The number of likely N-dealkylation sites (N-methyl/N-ethyl adjacent to an activating group) is 1. The van der Waals surface area contributed by atoms with Crippen molar-refractivity contribution in [1.29, 1.82) is 0 Å². The Morgan fingerprint density at radius 2 is 2.15 bits per heavy atom. The number of piperidine rings is 1. The number of aromatic amines is 1. The molecule has 2 amide bonds. The summed E-state index contributed by atoms with van der Waals surface area (Å²) in [4.78, 5) is 20.1. The molecule has 1 aliphatic carbocycles. The minimum absolute atomic E-state index is 0.0428. The van der Waals surface area contributed by atoms with Crippen molar-refractivity contribution in [3.63, 3.8) is 0 Å². The zero-order valence-electron chi connectivity index (χ0n) is 15.7. The van der Waals surface area contributed by atoms with Crippen LogP contribution in [0.5, 0.6) is 0 Å². The molecule has 1 saturated heterocycles. The summed E-state index contributed by atoms with van der Waals surface area (Å²) in [5, 5.41) is 5.36. The zero-order chi connectivity index (χ0) is 18.4. The van der Waals surface area contributed by atoms with E-state index in [1.54, 1.807) is 0 Å². The molecule has 0 unspecified atom stereocenters. The third-order valence-electron chi connectivity index (χ3n) is 6.14. The molecule has 1 aromatic carbocycles. The summed E-state index contributed by atoms with van der Waals surface area (Å²) in [6.45, 7) is 6.39. The molecule has 5 nitrogen and oxygen atoms in total. The zero-order valence-corrected chi connectivity index (χ0v) is 16.4. The highest BCUT2D eigenvalue weighted by Crippen LogP contribution is 2.44. The Labute approximate surface area is 159 Å². The Bertz CT molecular complexity index is 829. The number of urea groups is 1. The highest BCUT2D eigenvalue weighted by molar-refractivity contribution is 6.31. The first kappa shape index (κ1) is 17.7. The summed E-state index contributed by atoms with van der Waals surface area (Å²) in [5.41, 5.74) is 3.83. The molecule has 6 heteroatoms. The number of carbonyl (C=O) groups excluding carboxylic acids is 1. The summed E-state index contributed by atoms with van der Waals surface area (Å²) >= 11 is 6.39. The van der Waals surface area contributed by atoms with Crippen LogP contribution in [0.2, 0.25) is 5.02 Å². The third-order valence-corrected chi connectivity index (χ3v) is 6.36. The lowest BCUT2D eigenvalue weighted by Gasteiger charge is -2.46. The van der Waals surface area contributed by atoms with Crippen LogP contribution in [0.1, 0.15) is 37.3 Å². The van der Waals surface area contributed by atoms with Crippen LogP contribution in [-0.4, -0.2) is 59.6 Å². The van der Waals surface area contributed by atoms with Gasteiger partial charge in [-0.3, -0.25) is 0 Å². The van der Waals surface area contributed by atoms with E-state index in [1.165, 1.54) is 16.5 Å². The number of hydrogen-bond donors (Lipinski definition) is 2. The Kier molecular flexibility index (Phi) is 4.61. The molecular weight excluding hydrogens is 348 g/mol. The van der Waals surface area contributed by atoms with Crippen LogP contribution in [-0.2, 0) is 6.42 Å². The number of rotatable bonds is 3. The van der Waals surface area contributed by atoms with Crippen molar-refractivity contribution >= 4 is 28.5 Å². The lowest BCUT2D eigenvalue weighted by atomic mass is 9.74. The van der Waals surface area contributed by atoms with Crippen LogP contribution in [0.4, 0.5) is 4.79 Å². The van der Waals surface area contributed by atoms with Crippen molar-refractivity contribution in [3.8, 4) is 0 Å². The van der Waals surface area contributed by atoms with Gasteiger partial charge in [-0.2, -0.15) is 0 Å². The molecule has 26 heavy (non-hydrogen) atoms. The first-order chi connectivity index (χ1) is 12.5. The predicted molar refractivity (Wildman–Crippen MR) is 106 cm³/mol. The van der Waals surface area contributed by atoms with Crippen LogP contribution in [0, 0.1) is 0 Å². The number of amides is 2. The second kappa shape index (κ2) is 6.78. The van der Waals surface area contributed by atoms with Crippen molar-refractivity contribution in [1.82, 2.24) is 20.1 Å². The van der Waals surface area contributed by atoms with Gasteiger partial charge in [0.05, 0.1) is 0 Å². The number of nitrogens with zero attached hydrogens (tertiary/aromatic N) is 2. The molecule has 0 spiro atoms. The topological polar surface area (TPSA) is 51.4 Å². The van der Waals surface area contributed by atoms with E-state index in [-0.39, 0.29) is 12.1 Å². The first-order valence-corrected chi connectivity index (χ1v) is 9.94. The van der Waals surface area contributed by atoms with Gasteiger partial charge < -0.3 is 20.1 Å². The molecule has 2 aliphatic rings. The lowest BCUT2D eigenvalue weighted by molar-refractivity contribution is 0.124. The maximum atomic E-state index is 12.5. The van der Waals surface area contributed by atoms with Crippen LogP contribution >= 0.6 is 11.6 Å². The number of carbonyl (C=O) groups is 1. The number of H-pyrrole nitrogens is 1. The minimum Gasteiger partial charge on any atom is -0.361 e. The monoisotopic (exact) mass is 374 g/mol. The average molecular weight is 375 g/mol. The van der Waals surface area contributed by atoms with Crippen molar-refractivity contribution in [2.24, 2.45) is 0 Å². The second-order valence-corrected chi connectivity index (χ2v) is 8.04. The van der Waals surface area contributed by atoms with E-state index in [0.29, 0.717) is 12.0 Å². The molecule has 3 atom stereocenters. The van der Waals surface area contributed by atoms with Gasteiger partial charge in [0.1, 0.15) is 0 Å². The Morgan fingerprint density at radius 3 is 2.88 bits per heavy atom. The molecule has 140 valence electrons. The average Bonchev–Trinajstić information content (AvgIpc) is 3.00. The van der Waals surface area contributed by atoms with Crippen LogP contribution < -0.4 is 5.32 Å². The summed E-state index contributed by atoms with van der Waals surface area (Å²) in [7, 11) is 2.17. The largest absolute Gasteiger partial charge is 0.361 e. The summed E-state index contributed by atoms with van der Waals surface area (Å²) in [5.74, 6) is 0.389. The fourth-order valence-corrected chi connectivity index (χ4v) is 5.08. The normalized spacial score (nSPS) is 25.2. The number of benzene rings is 1. The summed E-state index contributed by atoms with van der Waals surface area (Å²) in [6, 6.07) is 4.79. The predicted octanol–water partition coefficient (Wildman–Crippen LogP) is 3.59. The molecule has 2 heterocycles. The van der Waals surface area contributed by atoms with Gasteiger partial charge in [-0.05, 0) is 57.0 Å². The fraction of sp³-hybridized carbons (Fsp3) is 0.550. The number of halogens is 1. The van der Waals surface area contributed by atoms with E-state index >= 15 is 0 Å². The highest BCUT2D eigenvalue weighted by Gasteiger charge is 2.40. The molecule has 1 aliphatic heterocycles. The van der Waals surface area contributed by atoms with Gasteiger partial charge in [0.15, 0.2) is 0 Å². The maximum Gasteiger partial charge on any atom is 0.317 e. The minimum atomic E-state index is 0.0428. The molecule has 2 N–H and O–H groups in total. The van der Waals surface area contributed by atoms with E-state index in [9.17, 15) is 4.79 Å². The van der Waals surface area contributed by atoms with E-state index < -0.39 is 0 Å². The van der Waals surface area contributed by atoms with Gasteiger partial charge in [0.25, 0.3) is 0 Å². The van der Waals surface area contributed by atoms with E-state index in [0.717, 1.165) is 43.0 Å². The number of fused-ring (bicyclic) bond motifs is 2. The Balaban J connectivity index is 1.63. The first-order valence-electron chi connectivity index (χ1n) is 9.56. The number of nitrogens with one attached hydrogen (secondary N) is 2. The number of hydrogen-bond acceptors (Lipinski definition) is 2. The van der Waals surface area contributed by atoms with Crippen LogP contribution in [0.15, 0.2) is 18.3 Å². The van der Waals surface area contributed by atoms with Crippen LogP contribution in [0.25, 0.3) is 10.9 Å².